The molecule has 13 heteroatoms. The van der Waals surface area contributed by atoms with Gasteiger partial charge in [-0.2, -0.15) is 0 Å². The Bertz CT molecular complexity index is 2040. The summed E-state index contributed by atoms with van der Waals surface area (Å²) in [6.07, 6.45) is 7.19. The van der Waals surface area contributed by atoms with Crippen LogP contribution in [-0.4, -0.2) is 46.1 Å². The number of nitrogens with zero attached hydrogens (tertiary/aromatic N) is 4. The molecule has 4 aromatic heterocycles. The van der Waals surface area contributed by atoms with Crippen molar-refractivity contribution in [2.75, 3.05) is 31.5 Å². The highest BCUT2D eigenvalue weighted by atomic mass is 35.5. The van der Waals surface area contributed by atoms with E-state index < -0.39 is 0 Å². The number of aromatic nitrogens is 4. The number of fused-ring (bicyclic) bond motifs is 2. The first kappa shape index (κ1) is 44.1. The predicted octanol–water partition coefficient (Wildman–Crippen LogP) is 10.5. The van der Waals surface area contributed by atoms with Gasteiger partial charge in [-0.05, 0) is 119 Å². The smallest absolute Gasteiger partial charge is 0.141 e. The van der Waals surface area contributed by atoms with Crippen LogP contribution in [0.4, 0.5) is 14.6 Å². The van der Waals surface area contributed by atoms with Crippen LogP contribution in [0.15, 0.2) is 73.3 Å². The van der Waals surface area contributed by atoms with Crippen LogP contribution in [0.2, 0.25) is 5.15 Å². The Morgan fingerprint density at radius 2 is 1.16 bits per heavy atom. The van der Waals surface area contributed by atoms with Crippen molar-refractivity contribution in [2.45, 2.75) is 79.3 Å². The third kappa shape index (κ3) is 14.7. The molecule has 0 aliphatic heterocycles. The van der Waals surface area contributed by atoms with Gasteiger partial charge in [-0.15, -0.1) is 22.7 Å². The molecule has 2 atom stereocenters. The minimum absolute atomic E-state index is 0.127. The number of nitrogens with two attached hydrogens (primary N) is 1. The monoisotopic (exact) mass is 808 g/mol. The van der Waals surface area contributed by atoms with E-state index >= 15 is 0 Å². The first-order valence-electron chi connectivity index (χ1n) is 19.0. The third-order valence-corrected chi connectivity index (χ3v) is 11.0. The molecule has 0 radical (unpaired) electrons. The lowest BCUT2D eigenvalue weighted by Crippen LogP contribution is -2.22. The zero-order chi connectivity index (χ0) is 39.7. The summed E-state index contributed by atoms with van der Waals surface area (Å²) < 4.78 is 26.2. The van der Waals surface area contributed by atoms with E-state index in [-0.39, 0.29) is 23.7 Å². The van der Waals surface area contributed by atoms with Crippen molar-refractivity contribution in [2.24, 2.45) is 17.6 Å². The van der Waals surface area contributed by atoms with E-state index in [1.54, 1.807) is 53.3 Å². The molecule has 0 aliphatic rings. The van der Waals surface area contributed by atoms with Gasteiger partial charge in [-0.3, -0.25) is 0 Å². The van der Waals surface area contributed by atoms with Crippen molar-refractivity contribution in [3.8, 4) is 0 Å². The zero-order valence-electron chi connectivity index (χ0n) is 32.7. The van der Waals surface area contributed by atoms with Crippen LogP contribution in [0.5, 0.6) is 0 Å². The molecule has 5 N–H and O–H groups in total. The minimum Gasteiger partial charge on any atom is -0.369 e. The second kappa shape index (κ2) is 22.8. The molecule has 55 heavy (non-hydrogen) atoms. The molecule has 6 rings (SSSR count). The second-order valence-electron chi connectivity index (χ2n) is 14.3. The molecule has 0 fully saturated rings. The molecule has 0 aliphatic carbocycles. The molecule has 0 spiro atoms. The highest BCUT2D eigenvalue weighted by Crippen LogP contribution is 2.30. The molecule has 6 aromatic rings. The van der Waals surface area contributed by atoms with Crippen LogP contribution < -0.4 is 21.7 Å². The van der Waals surface area contributed by atoms with Crippen LogP contribution in [-0.2, 0) is 12.8 Å². The summed E-state index contributed by atoms with van der Waals surface area (Å²) in [5.41, 5.74) is 7.32. The molecule has 2 unspecified atom stereocenters. The topological polar surface area (TPSA) is 114 Å². The predicted molar refractivity (Wildman–Crippen MR) is 229 cm³/mol. The molecule has 0 bridgehead atoms. The number of hydrogen-bond donors (Lipinski definition) is 4. The highest BCUT2D eigenvalue weighted by molar-refractivity contribution is 7.19. The lowest BCUT2D eigenvalue weighted by molar-refractivity contribution is 0.555. The van der Waals surface area contributed by atoms with E-state index in [1.807, 2.05) is 19.1 Å². The number of halogens is 3. The van der Waals surface area contributed by atoms with Crippen LogP contribution in [0.1, 0.15) is 87.3 Å². The molecule has 0 saturated heterocycles. The van der Waals surface area contributed by atoms with Crippen LogP contribution in [0.3, 0.4) is 0 Å². The molecule has 8 nitrogen and oxygen atoms in total. The lowest BCUT2D eigenvalue weighted by Gasteiger charge is -2.14. The van der Waals surface area contributed by atoms with Gasteiger partial charge < -0.3 is 21.7 Å². The average Bonchev–Trinajstić information content (AvgIpc) is 3.76. The van der Waals surface area contributed by atoms with E-state index in [2.05, 4.69) is 82.6 Å². The van der Waals surface area contributed by atoms with Crippen molar-refractivity contribution in [3.05, 3.63) is 111 Å². The number of anilines is 1. The van der Waals surface area contributed by atoms with Gasteiger partial charge in [0.05, 0.1) is 5.39 Å². The van der Waals surface area contributed by atoms with Gasteiger partial charge in [0.2, 0.25) is 0 Å². The van der Waals surface area contributed by atoms with Crippen molar-refractivity contribution < 1.29 is 8.78 Å². The first-order chi connectivity index (χ1) is 26.4. The molecule has 0 saturated carbocycles. The van der Waals surface area contributed by atoms with E-state index in [4.69, 9.17) is 17.3 Å². The quantitative estimate of drug-likeness (QED) is 0.0565. The van der Waals surface area contributed by atoms with E-state index in [1.165, 1.54) is 28.2 Å². The van der Waals surface area contributed by atoms with Crippen molar-refractivity contribution >= 4 is 60.5 Å². The molecular formula is C42H55ClF2N8S2. The SMILES string of the molecule is CC(C)Cc1cc2c(Cl)ncnc2s1.CC(C)Cc1cc2c(NCCCNC(C)c3cccc(F)c3)ncnc2s1.CC(NCCCN)c1cccc(F)c1. The summed E-state index contributed by atoms with van der Waals surface area (Å²) in [4.78, 5) is 21.7. The number of hydrogen-bond acceptors (Lipinski definition) is 10. The van der Waals surface area contributed by atoms with Crippen LogP contribution in [0.25, 0.3) is 20.4 Å². The van der Waals surface area contributed by atoms with Gasteiger partial charge in [-0.1, -0.05) is 63.6 Å². The van der Waals surface area contributed by atoms with Gasteiger partial charge >= 0.3 is 0 Å². The van der Waals surface area contributed by atoms with E-state index in [9.17, 15) is 8.78 Å². The largest absolute Gasteiger partial charge is 0.369 e. The van der Waals surface area contributed by atoms with Crippen molar-refractivity contribution in [3.63, 3.8) is 0 Å². The normalized spacial score (nSPS) is 12.4. The maximum atomic E-state index is 13.3. The fourth-order valence-electron chi connectivity index (χ4n) is 5.75. The Morgan fingerprint density at radius 3 is 1.67 bits per heavy atom. The van der Waals surface area contributed by atoms with Gasteiger partial charge in [0, 0.05) is 33.8 Å². The van der Waals surface area contributed by atoms with E-state index in [0.717, 1.165) is 82.7 Å². The fraction of sp³-hybridized carbons (Fsp3) is 0.429. The Labute approximate surface area is 337 Å². The Balaban J connectivity index is 0.000000202. The Hall–Kier alpha value is -3.65. The van der Waals surface area contributed by atoms with Crippen LogP contribution >= 0.6 is 34.3 Å². The summed E-state index contributed by atoms with van der Waals surface area (Å²) >= 11 is 9.42. The number of benzene rings is 2. The Kier molecular flexibility index (Phi) is 18.3. The summed E-state index contributed by atoms with van der Waals surface area (Å²) in [5.74, 6) is 1.82. The third-order valence-electron chi connectivity index (χ3n) is 8.56. The van der Waals surface area contributed by atoms with Gasteiger partial charge in [-0.25, -0.2) is 28.7 Å². The Morgan fingerprint density at radius 1 is 0.655 bits per heavy atom. The molecule has 2 aromatic carbocycles. The summed E-state index contributed by atoms with van der Waals surface area (Å²) in [6, 6.07) is 18.0. The van der Waals surface area contributed by atoms with Gasteiger partial charge in [0.15, 0.2) is 0 Å². The lowest BCUT2D eigenvalue weighted by atomic mass is 10.1. The molecular weight excluding hydrogens is 754 g/mol. The fourth-order valence-corrected chi connectivity index (χ4v) is 8.41. The summed E-state index contributed by atoms with van der Waals surface area (Å²) in [6.45, 7) is 16.2. The minimum atomic E-state index is -0.191. The van der Waals surface area contributed by atoms with Gasteiger partial charge in [0.1, 0.15) is 44.9 Å². The summed E-state index contributed by atoms with van der Waals surface area (Å²) in [5, 5.41) is 12.8. The standard InChI is InChI=1S/C21H27FN4S.C11H17FN2.C10H11ClN2S/c1-14(2)10-18-12-19-20(25-13-26-21(19)27-18)24-9-5-8-23-15(3)16-6-4-7-17(22)11-16;1-9(14-7-3-6-13)10-4-2-5-11(12)8-10;1-6(2)3-7-4-8-9(11)12-5-13-10(8)14-7/h4,6-7,11-15,23H,5,8-10H2,1-3H3,(H,24,25,26);2,4-5,8-9,14H,3,6-7,13H2,1H3;4-6H,3H2,1-2H3. The average molecular weight is 810 g/mol. The summed E-state index contributed by atoms with van der Waals surface area (Å²) in [7, 11) is 0. The maximum Gasteiger partial charge on any atom is 0.141 e. The molecule has 0 amide bonds. The van der Waals surface area contributed by atoms with Crippen LogP contribution in [0, 0.1) is 23.5 Å². The van der Waals surface area contributed by atoms with Crippen molar-refractivity contribution in [1.29, 1.82) is 0 Å². The number of thiophene rings is 2. The number of nitrogens with one attached hydrogen (secondary N) is 3. The molecule has 4 heterocycles. The number of rotatable bonds is 16. The van der Waals surface area contributed by atoms with Crippen molar-refractivity contribution in [1.82, 2.24) is 30.6 Å². The highest BCUT2D eigenvalue weighted by Gasteiger charge is 2.11. The maximum absolute atomic E-state index is 13.3. The van der Waals surface area contributed by atoms with E-state index in [0.29, 0.717) is 23.5 Å². The molecule has 296 valence electrons. The first-order valence-corrected chi connectivity index (χ1v) is 21.0. The van der Waals surface area contributed by atoms with Gasteiger partial charge in [0.25, 0.3) is 0 Å². The zero-order valence-corrected chi connectivity index (χ0v) is 35.1. The second-order valence-corrected chi connectivity index (χ2v) is 16.9.